The molecule has 2 aromatic rings. The van der Waals surface area contributed by atoms with E-state index in [1.165, 1.54) is 4.88 Å². The zero-order valence-corrected chi connectivity index (χ0v) is 18.9. The molecule has 0 fully saturated rings. The number of nitrogens with one attached hydrogen (secondary N) is 1. The highest BCUT2D eigenvalue weighted by atomic mass is 32.1. The van der Waals surface area contributed by atoms with Crippen LogP contribution >= 0.6 is 11.3 Å². The van der Waals surface area contributed by atoms with Gasteiger partial charge in [-0.25, -0.2) is 0 Å². The van der Waals surface area contributed by atoms with Crippen molar-refractivity contribution in [1.82, 2.24) is 5.32 Å². The molecular formula is C25H25NO5S. The number of benzene rings is 1. The number of hydrogen-bond donors (Lipinski definition) is 1. The summed E-state index contributed by atoms with van der Waals surface area (Å²) in [5, 5.41) is 5.34. The Bertz CT molecular complexity index is 1120. The number of allylic oxidation sites excluding steroid dienone is 2. The lowest BCUT2D eigenvalue weighted by Gasteiger charge is -2.40. The van der Waals surface area contributed by atoms with E-state index in [-0.39, 0.29) is 30.6 Å². The molecule has 0 radical (unpaired) electrons. The summed E-state index contributed by atoms with van der Waals surface area (Å²) >= 11 is 1.67. The molecule has 0 saturated heterocycles. The average Bonchev–Trinajstić information content (AvgIpc) is 3.43. The van der Waals surface area contributed by atoms with E-state index in [9.17, 15) is 9.59 Å². The third-order valence-corrected chi connectivity index (χ3v) is 7.18. The number of ether oxygens (including phenoxy) is 3. The fraction of sp³-hybridized carbons (Fsp3) is 0.360. The minimum absolute atomic E-state index is 0.0506. The van der Waals surface area contributed by atoms with E-state index >= 15 is 0 Å². The van der Waals surface area contributed by atoms with E-state index < -0.39 is 11.8 Å². The van der Waals surface area contributed by atoms with Gasteiger partial charge in [-0.1, -0.05) is 18.7 Å². The minimum atomic E-state index is -0.709. The molecule has 0 amide bonds. The quantitative estimate of drug-likeness (QED) is 0.683. The van der Waals surface area contributed by atoms with Gasteiger partial charge in [-0.3, -0.25) is 9.59 Å². The van der Waals surface area contributed by atoms with Gasteiger partial charge in [-0.2, -0.15) is 0 Å². The first kappa shape index (κ1) is 20.8. The molecule has 3 heterocycles. The summed E-state index contributed by atoms with van der Waals surface area (Å²) in [6.07, 6.45) is 0.849. The van der Waals surface area contributed by atoms with E-state index in [0.29, 0.717) is 35.6 Å². The number of fused-ring (bicyclic) bond motifs is 1. The van der Waals surface area contributed by atoms with Crippen LogP contribution in [0.4, 0.5) is 0 Å². The Hall–Kier alpha value is -3.06. The first-order valence-corrected chi connectivity index (χ1v) is 11.7. The van der Waals surface area contributed by atoms with Crippen LogP contribution in [0.2, 0.25) is 0 Å². The first-order chi connectivity index (χ1) is 15.4. The smallest absolute Gasteiger partial charge is 0.316 e. The minimum Gasteiger partial charge on any atom is -0.462 e. The van der Waals surface area contributed by atoms with Gasteiger partial charge in [0, 0.05) is 40.1 Å². The van der Waals surface area contributed by atoms with Gasteiger partial charge in [-0.05, 0) is 49.4 Å². The third-order valence-electron chi connectivity index (χ3n) is 6.15. The lowest BCUT2D eigenvalue weighted by Crippen LogP contribution is -2.42. The van der Waals surface area contributed by atoms with Crippen molar-refractivity contribution >= 4 is 23.1 Å². The second-order valence-corrected chi connectivity index (χ2v) is 9.62. The van der Waals surface area contributed by atoms with E-state index in [1.807, 2.05) is 43.5 Å². The van der Waals surface area contributed by atoms with Crippen molar-refractivity contribution in [3.8, 4) is 11.5 Å². The average molecular weight is 452 g/mol. The molecule has 7 heteroatoms. The van der Waals surface area contributed by atoms with Crippen molar-refractivity contribution < 1.29 is 23.8 Å². The molecular weight excluding hydrogens is 426 g/mol. The normalized spacial score (nSPS) is 24.4. The number of thiophene rings is 1. The van der Waals surface area contributed by atoms with Crippen molar-refractivity contribution in [2.45, 2.75) is 44.6 Å². The maximum atomic E-state index is 13.5. The number of ketones is 1. The fourth-order valence-corrected chi connectivity index (χ4v) is 5.65. The summed E-state index contributed by atoms with van der Waals surface area (Å²) in [6.45, 7) is 7.95. The Morgan fingerprint density at radius 1 is 1.22 bits per heavy atom. The molecule has 32 heavy (non-hydrogen) atoms. The summed E-state index contributed by atoms with van der Waals surface area (Å²) in [6, 6.07) is 9.68. The molecule has 0 bridgehead atoms. The molecule has 3 unspecified atom stereocenters. The molecule has 1 aromatic heterocycles. The molecule has 5 rings (SSSR count). The maximum absolute atomic E-state index is 13.5. The monoisotopic (exact) mass is 451 g/mol. The van der Waals surface area contributed by atoms with Crippen LogP contribution in [0.15, 0.2) is 59.3 Å². The summed E-state index contributed by atoms with van der Waals surface area (Å²) in [5.41, 5.74) is 2.87. The van der Waals surface area contributed by atoms with Crippen LogP contribution in [0.3, 0.4) is 0 Å². The highest BCUT2D eigenvalue weighted by molar-refractivity contribution is 7.10. The van der Waals surface area contributed by atoms with E-state index in [1.54, 1.807) is 11.3 Å². The van der Waals surface area contributed by atoms with Gasteiger partial charge < -0.3 is 19.5 Å². The van der Waals surface area contributed by atoms with Gasteiger partial charge in [0.2, 0.25) is 6.79 Å². The second-order valence-electron chi connectivity index (χ2n) is 8.64. The van der Waals surface area contributed by atoms with Crippen molar-refractivity contribution in [1.29, 1.82) is 0 Å². The predicted molar refractivity (Wildman–Crippen MR) is 121 cm³/mol. The summed E-state index contributed by atoms with van der Waals surface area (Å²) in [7, 11) is 0. The fourth-order valence-electron chi connectivity index (χ4n) is 4.82. The Morgan fingerprint density at radius 2 is 2.03 bits per heavy atom. The van der Waals surface area contributed by atoms with Crippen LogP contribution in [0.1, 0.15) is 49.0 Å². The highest BCUT2D eigenvalue weighted by Crippen LogP contribution is 2.49. The third kappa shape index (κ3) is 3.60. The summed E-state index contributed by atoms with van der Waals surface area (Å²) in [5.74, 6) is -0.142. The topological polar surface area (TPSA) is 73.9 Å². The molecule has 0 saturated carbocycles. The van der Waals surface area contributed by atoms with Gasteiger partial charge >= 0.3 is 5.97 Å². The molecule has 2 aliphatic heterocycles. The Kier molecular flexibility index (Phi) is 5.29. The van der Waals surface area contributed by atoms with Gasteiger partial charge in [-0.15, -0.1) is 11.3 Å². The largest absolute Gasteiger partial charge is 0.462 e. The molecule has 1 aliphatic carbocycles. The van der Waals surface area contributed by atoms with Crippen LogP contribution < -0.4 is 14.8 Å². The number of Topliss-reactive ketones (excluding diaryl/α,β-unsaturated/α-hetero) is 1. The first-order valence-electron chi connectivity index (χ1n) is 10.8. The van der Waals surface area contributed by atoms with Gasteiger partial charge in [0.15, 0.2) is 17.3 Å². The van der Waals surface area contributed by atoms with Crippen LogP contribution in [-0.4, -0.2) is 24.6 Å². The van der Waals surface area contributed by atoms with Crippen molar-refractivity contribution in [2.75, 3.05) is 6.79 Å². The van der Waals surface area contributed by atoms with E-state index in [0.717, 1.165) is 11.3 Å². The van der Waals surface area contributed by atoms with Crippen molar-refractivity contribution in [3.63, 3.8) is 0 Å². The molecule has 3 atom stereocenters. The standard InChI is InChI=1S/C25H25NO5S/c1-13(2)31-25(28)22-14(3)26-17-9-16(21-5-4-8-32-21)10-18(27)24(17)23(22)15-6-7-19-20(11-15)30-12-29-19/h4-8,11,13,16,22-23,26H,3,9-10,12H2,1-2H3. The second kappa shape index (κ2) is 8.13. The van der Waals surface area contributed by atoms with E-state index in [2.05, 4.69) is 18.0 Å². The molecule has 6 nitrogen and oxygen atoms in total. The lowest BCUT2D eigenvalue weighted by atomic mass is 9.69. The van der Waals surface area contributed by atoms with E-state index in [4.69, 9.17) is 14.2 Å². The molecule has 0 spiro atoms. The summed E-state index contributed by atoms with van der Waals surface area (Å²) in [4.78, 5) is 27.9. The number of carbonyl (C=O) groups is 2. The zero-order valence-electron chi connectivity index (χ0n) is 18.1. The van der Waals surface area contributed by atoms with Crippen LogP contribution in [0, 0.1) is 5.92 Å². The lowest BCUT2D eigenvalue weighted by molar-refractivity contribution is -0.151. The van der Waals surface area contributed by atoms with Crippen LogP contribution in [0.25, 0.3) is 0 Å². The van der Waals surface area contributed by atoms with Crippen LogP contribution in [-0.2, 0) is 14.3 Å². The highest BCUT2D eigenvalue weighted by Gasteiger charge is 2.46. The van der Waals surface area contributed by atoms with Crippen molar-refractivity contribution in [3.05, 3.63) is 69.7 Å². The number of rotatable bonds is 4. The maximum Gasteiger partial charge on any atom is 0.316 e. The molecule has 3 aliphatic rings. The molecule has 166 valence electrons. The zero-order chi connectivity index (χ0) is 22.4. The van der Waals surface area contributed by atoms with Gasteiger partial charge in [0.1, 0.15) is 5.92 Å². The van der Waals surface area contributed by atoms with Gasteiger partial charge in [0.25, 0.3) is 0 Å². The number of hydrogen-bond acceptors (Lipinski definition) is 7. The molecule has 1 N–H and O–H groups in total. The number of esters is 1. The van der Waals surface area contributed by atoms with Crippen LogP contribution in [0.5, 0.6) is 11.5 Å². The predicted octanol–water partition coefficient (Wildman–Crippen LogP) is 4.65. The number of carbonyl (C=O) groups excluding carboxylic acids is 2. The molecule has 1 aromatic carbocycles. The van der Waals surface area contributed by atoms with Crippen molar-refractivity contribution in [2.24, 2.45) is 5.92 Å². The Balaban J connectivity index is 1.60. The Morgan fingerprint density at radius 3 is 2.78 bits per heavy atom. The van der Waals surface area contributed by atoms with Gasteiger partial charge in [0.05, 0.1) is 6.10 Å². The Labute approximate surface area is 190 Å². The SMILES string of the molecule is C=C1NC2=C(C(=O)CC(c3cccs3)C2)C(c2ccc3c(c2)OCO3)C1C(=O)OC(C)C. The summed E-state index contributed by atoms with van der Waals surface area (Å²) < 4.78 is 16.6.